The molecule has 0 radical (unpaired) electrons. The molecule has 10 heteroatoms. The molecule has 2 N–H and O–H groups in total. The lowest BCUT2D eigenvalue weighted by Gasteiger charge is -2.33. The number of benzene rings is 1. The monoisotopic (exact) mass is 468 g/mol. The third-order valence-electron chi connectivity index (χ3n) is 6.27. The molecule has 0 saturated carbocycles. The molecular formula is C24H32N6O4. The van der Waals surface area contributed by atoms with Crippen molar-refractivity contribution in [1.29, 1.82) is 0 Å². The van der Waals surface area contributed by atoms with Crippen LogP contribution in [0.3, 0.4) is 0 Å². The van der Waals surface area contributed by atoms with E-state index < -0.39 is 11.7 Å². The molecule has 1 aliphatic rings. The number of carboxylic acid groups (broad SMARTS) is 1. The summed E-state index contributed by atoms with van der Waals surface area (Å²) >= 11 is 0. The molecule has 0 spiro atoms. The van der Waals surface area contributed by atoms with E-state index in [-0.39, 0.29) is 25.0 Å². The molecule has 1 aliphatic heterocycles. The van der Waals surface area contributed by atoms with Crippen LogP contribution in [0.4, 0.5) is 10.5 Å². The lowest BCUT2D eigenvalue weighted by atomic mass is 9.96. The minimum absolute atomic E-state index is 0.0787. The number of likely N-dealkylation sites (N-methyl/N-ethyl adjacent to an activating group) is 1. The van der Waals surface area contributed by atoms with Crippen molar-refractivity contribution in [2.24, 2.45) is 0 Å². The highest BCUT2D eigenvalue weighted by molar-refractivity contribution is 5.95. The first kappa shape index (κ1) is 23.7. The number of hydrogen-bond donors (Lipinski definition) is 2. The normalized spacial score (nSPS) is 16.0. The number of anilines is 1. The van der Waals surface area contributed by atoms with Gasteiger partial charge in [-0.05, 0) is 51.8 Å². The zero-order chi connectivity index (χ0) is 24.6. The maximum Gasteiger partial charge on any atom is 0.412 e. The second-order valence-corrected chi connectivity index (χ2v) is 9.67. The molecule has 10 nitrogen and oxygen atoms in total. The summed E-state index contributed by atoms with van der Waals surface area (Å²) in [7, 11) is 1.68. The number of carbonyl (C=O) groups excluding carboxylic acids is 1. The summed E-state index contributed by atoms with van der Waals surface area (Å²) in [5.41, 5.74) is 2.10. The summed E-state index contributed by atoms with van der Waals surface area (Å²) in [6, 6.07) is 5.43. The van der Waals surface area contributed by atoms with Crippen LogP contribution in [0.5, 0.6) is 0 Å². The predicted octanol–water partition coefficient (Wildman–Crippen LogP) is 2.52. The lowest BCUT2D eigenvalue weighted by molar-refractivity contribution is -0.133. The van der Waals surface area contributed by atoms with Crippen molar-refractivity contribution in [2.45, 2.75) is 64.8 Å². The third-order valence-corrected chi connectivity index (χ3v) is 6.27. The van der Waals surface area contributed by atoms with Gasteiger partial charge in [-0.15, -0.1) is 0 Å². The number of amides is 2. The van der Waals surface area contributed by atoms with Crippen molar-refractivity contribution in [3.8, 4) is 0 Å². The Morgan fingerprint density at radius 3 is 2.71 bits per heavy atom. The van der Waals surface area contributed by atoms with E-state index in [0.29, 0.717) is 25.1 Å². The summed E-state index contributed by atoms with van der Waals surface area (Å²) in [5, 5.41) is 24.2. The maximum atomic E-state index is 13.1. The number of aromatic nitrogens is 4. The Balaban J connectivity index is 1.74. The topological polar surface area (TPSA) is 117 Å². The number of hydrogen-bond acceptors (Lipinski definition) is 5. The standard InChI is InChI=1S/C24H32N6O4/c1-16-6-7-17-18(30(16)23(32)33)8-9-19-22(17)26-20(10-13-28-12-5-11-25-28)29(19)14-21(31)27(4)15-24(2,3)34/h5,8-9,11-12,16,34H,6-7,10,13-15H2,1-4H3,(H,32,33)/t16-/m0/s1. The first-order valence-electron chi connectivity index (χ1n) is 11.5. The Labute approximate surface area is 198 Å². The number of imidazole rings is 1. The fourth-order valence-corrected chi connectivity index (χ4v) is 4.71. The summed E-state index contributed by atoms with van der Waals surface area (Å²) < 4.78 is 3.72. The number of carbonyl (C=O) groups is 2. The van der Waals surface area contributed by atoms with Gasteiger partial charge in [-0.3, -0.25) is 14.4 Å². The van der Waals surface area contributed by atoms with E-state index in [2.05, 4.69) is 5.10 Å². The van der Waals surface area contributed by atoms with E-state index in [1.165, 1.54) is 9.80 Å². The molecule has 34 heavy (non-hydrogen) atoms. The van der Waals surface area contributed by atoms with Crippen LogP contribution in [0, 0.1) is 0 Å². The minimum atomic E-state index is -1.000. The van der Waals surface area contributed by atoms with E-state index in [4.69, 9.17) is 4.98 Å². The molecule has 0 fully saturated rings. The van der Waals surface area contributed by atoms with Crippen molar-refractivity contribution in [1.82, 2.24) is 24.2 Å². The maximum absolute atomic E-state index is 13.1. The van der Waals surface area contributed by atoms with Crippen LogP contribution < -0.4 is 4.90 Å². The predicted molar refractivity (Wildman–Crippen MR) is 128 cm³/mol. The molecule has 1 aromatic carbocycles. The van der Waals surface area contributed by atoms with Gasteiger partial charge in [0.15, 0.2) is 0 Å². The minimum Gasteiger partial charge on any atom is -0.465 e. The zero-order valence-electron chi connectivity index (χ0n) is 20.1. The zero-order valence-corrected chi connectivity index (χ0v) is 20.1. The van der Waals surface area contributed by atoms with E-state index >= 15 is 0 Å². The van der Waals surface area contributed by atoms with Crippen LogP contribution >= 0.6 is 0 Å². The molecule has 2 amide bonds. The fourth-order valence-electron chi connectivity index (χ4n) is 4.71. The van der Waals surface area contributed by atoms with E-state index in [9.17, 15) is 19.8 Å². The molecular weight excluding hydrogens is 436 g/mol. The van der Waals surface area contributed by atoms with Crippen molar-refractivity contribution < 1.29 is 19.8 Å². The third kappa shape index (κ3) is 4.77. The van der Waals surface area contributed by atoms with Crippen LogP contribution in [0.2, 0.25) is 0 Å². The van der Waals surface area contributed by atoms with Crippen LogP contribution in [0.15, 0.2) is 30.6 Å². The average Bonchev–Trinajstić information content (AvgIpc) is 3.38. The second-order valence-electron chi connectivity index (χ2n) is 9.67. The van der Waals surface area contributed by atoms with Crippen LogP contribution in [-0.4, -0.2) is 71.7 Å². The van der Waals surface area contributed by atoms with Crippen molar-refractivity contribution in [2.75, 3.05) is 18.5 Å². The van der Waals surface area contributed by atoms with Gasteiger partial charge in [0.1, 0.15) is 12.4 Å². The molecule has 3 heterocycles. The van der Waals surface area contributed by atoms with E-state index in [0.717, 1.165) is 28.8 Å². The molecule has 3 aromatic rings. The molecule has 4 rings (SSSR count). The first-order valence-corrected chi connectivity index (χ1v) is 11.5. The van der Waals surface area contributed by atoms with Crippen molar-refractivity contribution in [3.63, 3.8) is 0 Å². The number of aryl methyl sites for hydroxylation is 3. The Hall–Kier alpha value is -3.40. The van der Waals surface area contributed by atoms with Gasteiger partial charge in [0, 0.05) is 50.6 Å². The van der Waals surface area contributed by atoms with Gasteiger partial charge in [-0.2, -0.15) is 5.10 Å². The summed E-state index contributed by atoms with van der Waals surface area (Å²) in [6.07, 6.45) is 4.61. The lowest BCUT2D eigenvalue weighted by Crippen LogP contribution is -2.41. The number of aliphatic hydroxyl groups is 1. The van der Waals surface area contributed by atoms with Gasteiger partial charge in [-0.1, -0.05) is 0 Å². The average molecular weight is 469 g/mol. The van der Waals surface area contributed by atoms with Crippen molar-refractivity contribution >= 4 is 28.7 Å². The smallest absolute Gasteiger partial charge is 0.412 e. The summed E-state index contributed by atoms with van der Waals surface area (Å²) in [6.45, 7) is 6.13. The Kier molecular flexibility index (Phi) is 6.35. The molecule has 0 bridgehead atoms. The van der Waals surface area contributed by atoms with Gasteiger partial charge in [-0.25, -0.2) is 9.78 Å². The number of fused-ring (bicyclic) bond motifs is 3. The SMILES string of the molecule is C[C@H]1CCc2c(ccc3c2nc(CCn2cccn2)n3CC(=O)N(C)CC(C)(C)O)N1C(=O)O. The highest BCUT2D eigenvalue weighted by atomic mass is 16.4. The molecule has 1 atom stereocenters. The van der Waals surface area contributed by atoms with Crippen molar-refractivity contribution in [3.05, 3.63) is 42.0 Å². The van der Waals surface area contributed by atoms with Gasteiger partial charge in [0.25, 0.3) is 0 Å². The van der Waals surface area contributed by atoms with Gasteiger partial charge >= 0.3 is 6.09 Å². The molecule has 0 saturated heterocycles. The van der Waals surface area contributed by atoms with Crippen LogP contribution in [0.1, 0.15) is 38.6 Å². The molecule has 2 aromatic heterocycles. The Bertz CT molecular complexity index is 1190. The molecule has 0 unspecified atom stereocenters. The van der Waals surface area contributed by atoms with Gasteiger partial charge in [0.05, 0.1) is 22.3 Å². The Morgan fingerprint density at radius 2 is 2.06 bits per heavy atom. The quantitative estimate of drug-likeness (QED) is 0.550. The highest BCUT2D eigenvalue weighted by Gasteiger charge is 2.31. The van der Waals surface area contributed by atoms with Crippen LogP contribution in [0.25, 0.3) is 11.0 Å². The summed E-state index contributed by atoms with van der Waals surface area (Å²) in [5.74, 6) is 0.602. The molecule has 182 valence electrons. The van der Waals surface area contributed by atoms with Gasteiger partial charge < -0.3 is 19.7 Å². The number of nitrogens with zero attached hydrogens (tertiary/aromatic N) is 6. The Morgan fingerprint density at radius 1 is 1.29 bits per heavy atom. The summed E-state index contributed by atoms with van der Waals surface area (Å²) in [4.78, 5) is 32.8. The molecule has 0 aliphatic carbocycles. The van der Waals surface area contributed by atoms with E-state index in [1.807, 2.05) is 40.6 Å². The highest BCUT2D eigenvalue weighted by Crippen LogP contribution is 2.36. The second kappa shape index (κ2) is 9.09. The van der Waals surface area contributed by atoms with Gasteiger partial charge in [0.2, 0.25) is 5.91 Å². The van der Waals surface area contributed by atoms with E-state index in [1.54, 1.807) is 27.1 Å². The fraction of sp³-hybridized carbons (Fsp3) is 0.500. The largest absolute Gasteiger partial charge is 0.465 e. The first-order chi connectivity index (χ1) is 16.0. The number of rotatable bonds is 7. The van der Waals surface area contributed by atoms with Crippen LogP contribution in [-0.2, 0) is 30.7 Å².